The molecule has 0 aliphatic heterocycles. The molecule has 1 aliphatic carbocycles. The molecule has 0 spiro atoms. The lowest BCUT2D eigenvalue weighted by molar-refractivity contribution is -0.138. The summed E-state index contributed by atoms with van der Waals surface area (Å²) in [6, 6.07) is 2.31. The van der Waals surface area contributed by atoms with E-state index in [-0.39, 0.29) is 11.6 Å². The molecular weight excluding hydrogens is 255 g/mol. The molecule has 0 atom stereocenters. The van der Waals surface area contributed by atoms with Gasteiger partial charge in [-0.1, -0.05) is 11.6 Å². The van der Waals surface area contributed by atoms with E-state index in [9.17, 15) is 18.3 Å². The van der Waals surface area contributed by atoms with Gasteiger partial charge in [-0.2, -0.15) is 13.2 Å². The molecule has 1 fully saturated rings. The molecule has 94 valence electrons. The number of nitrogens with two attached hydrogens (primary N) is 1. The summed E-state index contributed by atoms with van der Waals surface area (Å²) in [4.78, 5) is 0. The van der Waals surface area contributed by atoms with Crippen LogP contribution in [0.4, 0.5) is 13.2 Å². The van der Waals surface area contributed by atoms with Crippen LogP contribution in [-0.2, 0) is 11.6 Å². The molecule has 2 rings (SSSR count). The smallest absolute Gasteiger partial charge is 0.420 e. The minimum absolute atomic E-state index is 0.283. The van der Waals surface area contributed by atoms with E-state index >= 15 is 0 Å². The Balaban J connectivity index is 2.55. The predicted molar refractivity (Wildman–Crippen MR) is 58.1 cm³/mol. The average molecular weight is 266 g/mol. The largest absolute Gasteiger partial charge is 0.506 e. The van der Waals surface area contributed by atoms with Gasteiger partial charge in [0.15, 0.2) is 0 Å². The summed E-state index contributed by atoms with van der Waals surface area (Å²) in [5.41, 5.74) is 4.53. The number of aromatic hydroxyl groups is 1. The Bertz CT molecular complexity index is 455. The van der Waals surface area contributed by atoms with Crippen molar-refractivity contribution in [2.75, 3.05) is 6.54 Å². The molecule has 0 aromatic heterocycles. The van der Waals surface area contributed by atoms with Crippen LogP contribution in [0.25, 0.3) is 0 Å². The van der Waals surface area contributed by atoms with Crippen molar-refractivity contribution < 1.29 is 18.3 Å². The lowest BCUT2D eigenvalue weighted by Crippen LogP contribution is -2.20. The van der Waals surface area contributed by atoms with E-state index in [0.717, 1.165) is 18.9 Å². The molecule has 6 heteroatoms. The third-order valence-electron chi connectivity index (χ3n) is 3.23. The molecule has 0 heterocycles. The van der Waals surface area contributed by atoms with Crippen LogP contribution in [0.1, 0.15) is 24.0 Å². The SMILES string of the molecule is NCC1(c2cc(Cl)c(O)c(C(F)(F)F)c2)CC1. The van der Waals surface area contributed by atoms with Gasteiger partial charge in [0.1, 0.15) is 5.75 Å². The number of phenols is 1. The molecule has 0 saturated heterocycles. The quantitative estimate of drug-likeness (QED) is 0.863. The van der Waals surface area contributed by atoms with Gasteiger partial charge in [-0.05, 0) is 30.5 Å². The Morgan fingerprint density at radius 2 is 1.94 bits per heavy atom. The Kier molecular flexibility index (Phi) is 2.78. The number of hydrogen-bond acceptors (Lipinski definition) is 2. The van der Waals surface area contributed by atoms with Gasteiger partial charge in [-0.3, -0.25) is 0 Å². The zero-order chi connectivity index (χ0) is 12.8. The second kappa shape index (κ2) is 3.78. The van der Waals surface area contributed by atoms with Gasteiger partial charge in [-0.15, -0.1) is 0 Å². The van der Waals surface area contributed by atoms with Gasteiger partial charge in [0.2, 0.25) is 0 Å². The predicted octanol–water partition coefficient (Wildman–Crippen LogP) is 3.05. The van der Waals surface area contributed by atoms with Crippen molar-refractivity contribution in [3.05, 3.63) is 28.3 Å². The number of alkyl halides is 3. The summed E-state index contributed by atoms with van der Waals surface area (Å²) >= 11 is 5.63. The van der Waals surface area contributed by atoms with Crippen LogP contribution in [0.5, 0.6) is 5.75 Å². The molecule has 1 aliphatic rings. The van der Waals surface area contributed by atoms with Crippen molar-refractivity contribution in [2.24, 2.45) is 5.73 Å². The minimum atomic E-state index is -4.62. The molecule has 0 unspecified atom stereocenters. The van der Waals surface area contributed by atoms with Gasteiger partial charge < -0.3 is 10.8 Å². The van der Waals surface area contributed by atoms with Crippen molar-refractivity contribution >= 4 is 11.6 Å². The van der Waals surface area contributed by atoms with E-state index in [1.54, 1.807) is 0 Å². The number of phenolic OH excluding ortho intramolecular Hbond substituents is 1. The highest BCUT2D eigenvalue weighted by atomic mass is 35.5. The van der Waals surface area contributed by atoms with E-state index in [1.807, 2.05) is 0 Å². The highest BCUT2D eigenvalue weighted by molar-refractivity contribution is 6.32. The lowest BCUT2D eigenvalue weighted by Gasteiger charge is -2.17. The topological polar surface area (TPSA) is 46.2 Å². The lowest BCUT2D eigenvalue weighted by atomic mass is 9.94. The molecule has 2 nitrogen and oxygen atoms in total. The highest BCUT2D eigenvalue weighted by Gasteiger charge is 2.45. The maximum Gasteiger partial charge on any atom is 0.420 e. The number of halogens is 4. The number of hydrogen-bond donors (Lipinski definition) is 2. The summed E-state index contributed by atoms with van der Waals surface area (Å²) in [7, 11) is 0. The van der Waals surface area contributed by atoms with Crippen LogP contribution in [-0.4, -0.2) is 11.7 Å². The molecule has 17 heavy (non-hydrogen) atoms. The molecule has 1 aromatic carbocycles. The third kappa shape index (κ3) is 2.09. The summed E-state index contributed by atoms with van der Waals surface area (Å²) in [5.74, 6) is -0.921. The number of rotatable bonds is 2. The molecule has 1 aromatic rings. The molecule has 0 radical (unpaired) electrons. The fourth-order valence-corrected chi connectivity index (χ4v) is 2.10. The molecule has 3 N–H and O–H groups in total. The summed E-state index contributed by atoms with van der Waals surface area (Å²) in [6.07, 6.45) is -3.11. The Hall–Kier alpha value is -0.940. The van der Waals surface area contributed by atoms with Gasteiger partial charge in [-0.25, -0.2) is 0 Å². The zero-order valence-corrected chi connectivity index (χ0v) is 9.57. The number of benzene rings is 1. The minimum Gasteiger partial charge on any atom is -0.506 e. The second-order valence-electron chi connectivity index (χ2n) is 4.34. The van der Waals surface area contributed by atoms with E-state index < -0.39 is 22.9 Å². The summed E-state index contributed by atoms with van der Waals surface area (Å²) in [5, 5.41) is 9.05. The van der Waals surface area contributed by atoms with Crippen LogP contribution in [0.3, 0.4) is 0 Å². The molecule has 0 bridgehead atoms. The molecule has 1 saturated carbocycles. The van der Waals surface area contributed by atoms with Crippen molar-refractivity contribution in [1.29, 1.82) is 0 Å². The fourth-order valence-electron chi connectivity index (χ4n) is 1.88. The van der Waals surface area contributed by atoms with Gasteiger partial charge in [0.05, 0.1) is 10.6 Å². The van der Waals surface area contributed by atoms with E-state index in [1.165, 1.54) is 6.07 Å². The van der Waals surface area contributed by atoms with E-state index in [4.69, 9.17) is 17.3 Å². The van der Waals surface area contributed by atoms with Gasteiger partial charge in [0, 0.05) is 12.0 Å². The van der Waals surface area contributed by atoms with Crippen molar-refractivity contribution in [1.82, 2.24) is 0 Å². The van der Waals surface area contributed by atoms with Crippen LogP contribution in [0.15, 0.2) is 12.1 Å². The van der Waals surface area contributed by atoms with Crippen molar-refractivity contribution in [3.8, 4) is 5.75 Å². The monoisotopic (exact) mass is 265 g/mol. The Morgan fingerprint density at radius 1 is 1.35 bits per heavy atom. The maximum atomic E-state index is 12.7. The first-order chi connectivity index (χ1) is 7.80. The second-order valence-corrected chi connectivity index (χ2v) is 4.74. The maximum absolute atomic E-state index is 12.7. The normalized spacial score (nSPS) is 18.2. The fraction of sp³-hybridized carbons (Fsp3) is 0.455. The summed E-state index contributed by atoms with van der Waals surface area (Å²) in [6.45, 7) is 0.283. The van der Waals surface area contributed by atoms with Crippen LogP contribution in [0, 0.1) is 0 Å². The van der Waals surface area contributed by atoms with Crippen molar-refractivity contribution in [3.63, 3.8) is 0 Å². The van der Waals surface area contributed by atoms with Crippen LogP contribution in [0.2, 0.25) is 5.02 Å². The first-order valence-corrected chi connectivity index (χ1v) is 5.48. The van der Waals surface area contributed by atoms with Crippen LogP contribution < -0.4 is 5.73 Å². The standard InChI is InChI=1S/C11H11ClF3NO/c12-8-4-6(10(5-16)1-2-10)3-7(9(8)17)11(13,14)15/h3-4,17H,1-2,5,16H2. The Morgan fingerprint density at radius 3 is 2.35 bits per heavy atom. The van der Waals surface area contributed by atoms with E-state index in [0.29, 0.717) is 5.56 Å². The third-order valence-corrected chi connectivity index (χ3v) is 3.51. The first-order valence-electron chi connectivity index (χ1n) is 5.10. The van der Waals surface area contributed by atoms with Gasteiger partial charge in [0.25, 0.3) is 0 Å². The molecule has 0 amide bonds. The van der Waals surface area contributed by atoms with Crippen LogP contribution >= 0.6 is 11.6 Å². The van der Waals surface area contributed by atoms with E-state index in [2.05, 4.69) is 0 Å². The average Bonchev–Trinajstić information content (AvgIpc) is 3.01. The summed E-state index contributed by atoms with van der Waals surface area (Å²) < 4.78 is 38.0. The van der Waals surface area contributed by atoms with Gasteiger partial charge >= 0.3 is 6.18 Å². The molecular formula is C11H11ClF3NO. The first kappa shape index (κ1) is 12.5. The zero-order valence-electron chi connectivity index (χ0n) is 8.81. The highest BCUT2D eigenvalue weighted by Crippen LogP contribution is 2.50. The van der Waals surface area contributed by atoms with Crippen molar-refractivity contribution in [2.45, 2.75) is 24.4 Å². The Labute approximate surface area is 101 Å².